The fourth-order valence-electron chi connectivity index (χ4n) is 4.25. The van der Waals surface area contributed by atoms with Gasteiger partial charge in [0.2, 0.25) is 0 Å². The molecule has 1 unspecified atom stereocenters. The summed E-state index contributed by atoms with van der Waals surface area (Å²) >= 11 is 0. The zero-order valence-corrected chi connectivity index (χ0v) is 14.2. The van der Waals surface area contributed by atoms with Gasteiger partial charge in [-0.05, 0) is 31.3 Å². The summed E-state index contributed by atoms with van der Waals surface area (Å²) in [4.78, 5) is 18.7. The minimum absolute atomic E-state index is 0.117. The van der Waals surface area contributed by atoms with Crippen LogP contribution in [0.25, 0.3) is 0 Å². The summed E-state index contributed by atoms with van der Waals surface area (Å²) in [6.07, 6.45) is 5.39. The molecule has 0 aromatic carbocycles. The fraction of sp³-hybridized carbons (Fsp3) is 0.941. The van der Waals surface area contributed by atoms with E-state index in [-0.39, 0.29) is 12.1 Å². The first-order valence-corrected chi connectivity index (χ1v) is 8.92. The van der Waals surface area contributed by atoms with Crippen LogP contribution in [-0.2, 0) is 4.74 Å². The van der Waals surface area contributed by atoms with Crippen molar-refractivity contribution in [2.75, 3.05) is 52.4 Å². The van der Waals surface area contributed by atoms with E-state index in [2.05, 4.69) is 23.6 Å². The molecule has 1 amide bonds. The Bertz CT molecular complexity index is 391. The van der Waals surface area contributed by atoms with E-state index in [0.29, 0.717) is 12.0 Å². The first-order valence-electron chi connectivity index (χ1n) is 8.92. The summed E-state index contributed by atoms with van der Waals surface area (Å²) < 4.78 is 5.17. The summed E-state index contributed by atoms with van der Waals surface area (Å²) in [7, 11) is 0. The average Bonchev–Trinajstić information content (AvgIpc) is 2.67. The number of cyclic esters (lactones) is 1. The highest BCUT2D eigenvalue weighted by atomic mass is 16.6. The lowest BCUT2D eigenvalue weighted by atomic mass is 9.91. The number of amides is 1. The molecule has 3 aliphatic heterocycles. The Hall–Kier alpha value is -0.810. The van der Waals surface area contributed by atoms with E-state index < -0.39 is 0 Å². The third-order valence-corrected chi connectivity index (χ3v) is 5.20. The molecular weight excluding hydrogens is 278 g/mol. The molecule has 126 valence electrons. The molecular formula is C17H31N3O2. The summed E-state index contributed by atoms with van der Waals surface area (Å²) in [6, 6.07) is 0.273. The van der Waals surface area contributed by atoms with E-state index in [1.807, 2.05) is 4.90 Å². The van der Waals surface area contributed by atoms with E-state index in [9.17, 15) is 4.79 Å². The van der Waals surface area contributed by atoms with Crippen molar-refractivity contribution in [2.45, 2.75) is 45.6 Å². The number of hydrogen-bond donors (Lipinski definition) is 0. The van der Waals surface area contributed by atoms with Crippen LogP contribution in [0.5, 0.6) is 0 Å². The van der Waals surface area contributed by atoms with Crippen molar-refractivity contribution in [1.29, 1.82) is 0 Å². The van der Waals surface area contributed by atoms with Crippen LogP contribution in [0.3, 0.4) is 0 Å². The zero-order valence-electron chi connectivity index (χ0n) is 14.2. The van der Waals surface area contributed by atoms with Gasteiger partial charge in [0.1, 0.15) is 6.61 Å². The Kier molecular flexibility index (Phi) is 4.93. The number of likely N-dealkylation sites (tertiary alicyclic amines) is 1. The maximum absolute atomic E-state index is 11.6. The average molecular weight is 309 g/mol. The van der Waals surface area contributed by atoms with Crippen LogP contribution in [-0.4, -0.2) is 79.3 Å². The number of fused-ring (bicyclic) bond motifs is 1. The highest BCUT2D eigenvalue weighted by Gasteiger charge is 2.38. The van der Waals surface area contributed by atoms with Gasteiger partial charge in [0.25, 0.3) is 0 Å². The van der Waals surface area contributed by atoms with Crippen molar-refractivity contribution in [2.24, 2.45) is 5.41 Å². The molecule has 0 bridgehead atoms. The van der Waals surface area contributed by atoms with E-state index in [1.54, 1.807) is 0 Å². The quantitative estimate of drug-likeness (QED) is 0.796. The zero-order chi connectivity index (χ0) is 15.6. The minimum Gasteiger partial charge on any atom is -0.447 e. The normalized spacial score (nSPS) is 28.4. The van der Waals surface area contributed by atoms with E-state index in [1.165, 1.54) is 45.3 Å². The van der Waals surface area contributed by atoms with Gasteiger partial charge in [-0.15, -0.1) is 0 Å². The Balaban J connectivity index is 1.49. The third-order valence-electron chi connectivity index (χ3n) is 5.20. The number of carbonyl (C=O) groups is 1. The van der Waals surface area contributed by atoms with Gasteiger partial charge in [-0.3, -0.25) is 9.80 Å². The van der Waals surface area contributed by atoms with Gasteiger partial charge in [-0.2, -0.15) is 0 Å². The Morgan fingerprint density at radius 3 is 2.41 bits per heavy atom. The molecule has 0 aromatic rings. The molecule has 3 rings (SSSR count). The van der Waals surface area contributed by atoms with Crippen molar-refractivity contribution < 1.29 is 9.53 Å². The van der Waals surface area contributed by atoms with Crippen LogP contribution in [0, 0.1) is 5.41 Å². The van der Waals surface area contributed by atoms with Gasteiger partial charge in [0, 0.05) is 32.7 Å². The molecule has 22 heavy (non-hydrogen) atoms. The first kappa shape index (κ1) is 16.1. The molecule has 0 radical (unpaired) electrons. The molecule has 0 saturated carbocycles. The third kappa shape index (κ3) is 3.93. The molecule has 0 aromatic heterocycles. The number of carbonyl (C=O) groups excluding carboxylic acids is 1. The maximum atomic E-state index is 11.6. The van der Waals surface area contributed by atoms with Crippen LogP contribution in [0.1, 0.15) is 39.5 Å². The summed E-state index contributed by atoms with van der Waals surface area (Å²) in [6.45, 7) is 13.0. The number of nitrogens with zero attached hydrogens (tertiary/aromatic N) is 3. The second-order valence-corrected chi connectivity index (χ2v) is 8.01. The highest BCUT2D eigenvalue weighted by Crippen LogP contribution is 2.24. The molecule has 5 nitrogen and oxygen atoms in total. The molecule has 1 atom stereocenters. The van der Waals surface area contributed by atoms with Crippen LogP contribution in [0.15, 0.2) is 0 Å². The largest absolute Gasteiger partial charge is 0.447 e. The standard InChI is InChI=1S/C17H31N3O2/c1-17(2,13-18-7-5-3-4-6-8-18)14-19-9-10-20-15(11-19)12-22-16(20)21/h15H,3-14H2,1-2H3. The highest BCUT2D eigenvalue weighted by molar-refractivity contribution is 5.70. The minimum atomic E-state index is -0.117. The SMILES string of the molecule is CC(C)(CN1CCCCCC1)CN1CCN2C(=O)OCC2C1. The summed E-state index contributed by atoms with van der Waals surface area (Å²) in [5.74, 6) is 0. The molecule has 3 aliphatic rings. The van der Waals surface area contributed by atoms with Crippen molar-refractivity contribution in [3.8, 4) is 0 Å². The number of piperazine rings is 1. The van der Waals surface area contributed by atoms with Crippen molar-refractivity contribution in [3.63, 3.8) is 0 Å². The smallest absolute Gasteiger partial charge is 0.410 e. The van der Waals surface area contributed by atoms with Crippen LogP contribution >= 0.6 is 0 Å². The number of rotatable bonds is 4. The lowest BCUT2D eigenvalue weighted by molar-refractivity contribution is 0.0721. The predicted octanol–water partition coefficient (Wildman–Crippen LogP) is 2.02. The van der Waals surface area contributed by atoms with Crippen molar-refractivity contribution >= 4 is 6.09 Å². The Morgan fingerprint density at radius 2 is 1.68 bits per heavy atom. The van der Waals surface area contributed by atoms with Crippen molar-refractivity contribution in [1.82, 2.24) is 14.7 Å². The van der Waals surface area contributed by atoms with Gasteiger partial charge < -0.3 is 9.64 Å². The van der Waals surface area contributed by atoms with E-state index in [0.717, 1.165) is 26.2 Å². The van der Waals surface area contributed by atoms with E-state index >= 15 is 0 Å². The maximum Gasteiger partial charge on any atom is 0.410 e. The summed E-state index contributed by atoms with van der Waals surface area (Å²) in [5, 5.41) is 0. The number of hydrogen-bond acceptors (Lipinski definition) is 4. The van der Waals surface area contributed by atoms with Gasteiger partial charge in [-0.1, -0.05) is 26.7 Å². The van der Waals surface area contributed by atoms with E-state index in [4.69, 9.17) is 4.74 Å². The molecule has 3 fully saturated rings. The van der Waals surface area contributed by atoms with Gasteiger partial charge in [0.15, 0.2) is 0 Å². The molecule has 5 heteroatoms. The predicted molar refractivity (Wildman–Crippen MR) is 87.0 cm³/mol. The van der Waals surface area contributed by atoms with Crippen molar-refractivity contribution in [3.05, 3.63) is 0 Å². The Morgan fingerprint density at radius 1 is 1.00 bits per heavy atom. The molecule has 0 N–H and O–H groups in total. The lowest BCUT2D eigenvalue weighted by Crippen LogP contribution is -2.54. The lowest BCUT2D eigenvalue weighted by Gasteiger charge is -2.41. The Labute approximate surface area is 134 Å². The van der Waals surface area contributed by atoms with Crippen LogP contribution in [0.4, 0.5) is 4.79 Å². The second-order valence-electron chi connectivity index (χ2n) is 8.01. The van der Waals surface area contributed by atoms with Gasteiger partial charge in [0.05, 0.1) is 6.04 Å². The molecule has 0 spiro atoms. The monoisotopic (exact) mass is 309 g/mol. The summed E-state index contributed by atoms with van der Waals surface area (Å²) in [5.41, 5.74) is 0.302. The van der Waals surface area contributed by atoms with Crippen LogP contribution in [0.2, 0.25) is 0 Å². The van der Waals surface area contributed by atoms with Gasteiger partial charge in [-0.25, -0.2) is 4.79 Å². The first-order chi connectivity index (χ1) is 10.5. The molecule has 3 heterocycles. The molecule has 0 aliphatic carbocycles. The second kappa shape index (κ2) is 6.75. The van der Waals surface area contributed by atoms with Gasteiger partial charge >= 0.3 is 6.09 Å². The fourth-order valence-corrected chi connectivity index (χ4v) is 4.25. The van der Waals surface area contributed by atoms with Crippen LogP contribution < -0.4 is 0 Å². The topological polar surface area (TPSA) is 36.0 Å². The number of ether oxygens (including phenoxy) is 1. The molecule has 3 saturated heterocycles.